The van der Waals surface area contributed by atoms with Gasteiger partial charge in [-0.3, -0.25) is 14.9 Å². The molecular weight excluding hydrogens is 360 g/mol. The van der Waals surface area contributed by atoms with Crippen LogP contribution in [0.15, 0.2) is 47.5 Å². The molecule has 0 aliphatic carbocycles. The van der Waals surface area contributed by atoms with Crippen LogP contribution in [0.1, 0.15) is 12.5 Å². The number of nitrogens with zero attached hydrogens (tertiary/aromatic N) is 2. The van der Waals surface area contributed by atoms with Crippen LogP contribution in [0.2, 0.25) is 5.02 Å². The Morgan fingerprint density at radius 3 is 2.85 bits per heavy atom. The fourth-order valence-corrected chi connectivity index (χ4v) is 2.78. The van der Waals surface area contributed by atoms with Crippen LogP contribution in [0, 0.1) is 10.1 Å². The van der Waals surface area contributed by atoms with E-state index in [9.17, 15) is 20.0 Å². The third kappa shape index (κ3) is 3.51. The molecular formula is C17H15ClN4O4. The number of rotatable bonds is 5. The number of benzene rings is 2. The molecule has 0 radical (unpaired) electrons. The van der Waals surface area contributed by atoms with E-state index in [1.807, 2.05) is 0 Å². The van der Waals surface area contributed by atoms with Gasteiger partial charge in [0.25, 0.3) is 11.2 Å². The average molecular weight is 375 g/mol. The van der Waals surface area contributed by atoms with Gasteiger partial charge in [0.05, 0.1) is 22.2 Å². The molecule has 1 heterocycles. The predicted molar refractivity (Wildman–Crippen MR) is 98.5 cm³/mol. The van der Waals surface area contributed by atoms with Gasteiger partial charge in [-0.15, -0.1) is 0 Å². The summed E-state index contributed by atoms with van der Waals surface area (Å²) < 4.78 is 0. The van der Waals surface area contributed by atoms with Crippen LogP contribution in [0.5, 0.6) is 0 Å². The number of nitro benzene ring substituents is 1. The van der Waals surface area contributed by atoms with Crippen molar-refractivity contribution in [3.05, 3.63) is 73.8 Å². The zero-order valence-electron chi connectivity index (χ0n) is 13.7. The molecule has 0 spiro atoms. The first kappa shape index (κ1) is 17.8. The second-order valence-corrected chi connectivity index (χ2v) is 6.45. The van der Waals surface area contributed by atoms with E-state index < -0.39 is 16.1 Å². The van der Waals surface area contributed by atoms with E-state index in [4.69, 9.17) is 11.6 Å². The van der Waals surface area contributed by atoms with Crippen LogP contribution in [0.25, 0.3) is 10.9 Å². The maximum absolute atomic E-state index is 11.8. The summed E-state index contributed by atoms with van der Waals surface area (Å²) in [7, 11) is 0. The summed E-state index contributed by atoms with van der Waals surface area (Å²) in [4.78, 5) is 29.0. The molecule has 2 aromatic carbocycles. The number of aromatic amines is 1. The Bertz CT molecular complexity index is 1050. The monoisotopic (exact) mass is 374 g/mol. The lowest BCUT2D eigenvalue weighted by Crippen LogP contribution is -2.31. The molecule has 1 unspecified atom stereocenters. The number of hydrogen-bond acceptors (Lipinski definition) is 6. The van der Waals surface area contributed by atoms with E-state index in [-0.39, 0.29) is 23.3 Å². The standard InChI is InChI=1S/C17H15ClN4O4/c1-17(24,10-3-2-4-11(18)5-10)8-19-14-7-13-12(6-15(14)22(25)26)16(23)21-9-20-13/h2-7,9,19,24H,8H2,1H3,(H,20,21,23). The molecule has 3 aromatic rings. The molecule has 3 rings (SSSR count). The lowest BCUT2D eigenvalue weighted by Gasteiger charge is -2.25. The first-order chi connectivity index (χ1) is 12.3. The van der Waals surface area contributed by atoms with Crippen LogP contribution in [0.4, 0.5) is 11.4 Å². The highest BCUT2D eigenvalue weighted by Gasteiger charge is 2.25. The molecule has 0 saturated carbocycles. The van der Waals surface area contributed by atoms with Crippen molar-refractivity contribution in [1.29, 1.82) is 0 Å². The fourth-order valence-electron chi connectivity index (χ4n) is 2.59. The van der Waals surface area contributed by atoms with Crippen molar-refractivity contribution in [2.24, 2.45) is 0 Å². The normalized spacial score (nSPS) is 13.3. The van der Waals surface area contributed by atoms with Gasteiger partial charge < -0.3 is 15.4 Å². The number of fused-ring (bicyclic) bond motifs is 1. The topological polar surface area (TPSA) is 121 Å². The molecule has 0 saturated heterocycles. The van der Waals surface area contributed by atoms with Crippen molar-refractivity contribution < 1.29 is 10.0 Å². The van der Waals surface area contributed by atoms with E-state index in [1.165, 1.54) is 12.4 Å². The zero-order valence-corrected chi connectivity index (χ0v) is 14.4. The minimum Gasteiger partial charge on any atom is -0.384 e. The SMILES string of the molecule is CC(O)(CNc1cc2nc[nH]c(=O)c2cc1[N+](=O)[O-])c1cccc(Cl)c1. The number of aliphatic hydroxyl groups is 1. The number of nitro groups is 1. The van der Waals surface area contributed by atoms with E-state index >= 15 is 0 Å². The summed E-state index contributed by atoms with van der Waals surface area (Å²) in [6, 6.07) is 9.31. The van der Waals surface area contributed by atoms with Crippen molar-refractivity contribution in [3.8, 4) is 0 Å². The highest BCUT2D eigenvalue weighted by molar-refractivity contribution is 6.30. The lowest BCUT2D eigenvalue weighted by molar-refractivity contribution is -0.383. The molecule has 0 amide bonds. The summed E-state index contributed by atoms with van der Waals surface area (Å²) in [5.74, 6) is 0. The van der Waals surface area contributed by atoms with Crippen LogP contribution in [-0.4, -0.2) is 26.5 Å². The number of hydrogen-bond donors (Lipinski definition) is 3. The summed E-state index contributed by atoms with van der Waals surface area (Å²) in [6.45, 7) is 1.56. The van der Waals surface area contributed by atoms with Gasteiger partial charge in [0.2, 0.25) is 0 Å². The number of nitrogens with one attached hydrogen (secondary N) is 2. The average Bonchev–Trinajstić information content (AvgIpc) is 2.59. The summed E-state index contributed by atoms with van der Waals surface area (Å²) in [6.07, 6.45) is 1.22. The molecule has 1 aromatic heterocycles. The van der Waals surface area contributed by atoms with E-state index in [2.05, 4.69) is 15.3 Å². The van der Waals surface area contributed by atoms with E-state index in [1.54, 1.807) is 31.2 Å². The molecule has 0 bridgehead atoms. The van der Waals surface area contributed by atoms with Crippen LogP contribution < -0.4 is 10.9 Å². The Labute approximate surface area is 152 Å². The molecule has 3 N–H and O–H groups in total. The number of aromatic nitrogens is 2. The minimum atomic E-state index is -1.32. The first-order valence-electron chi connectivity index (χ1n) is 7.66. The molecule has 0 aliphatic heterocycles. The minimum absolute atomic E-state index is 0.0110. The Kier molecular flexibility index (Phi) is 4.62. The molecule has 9 heteroatoms. The Morgan fingerprint density at radius 1 is 1.38 bits per heavy atom. The lowest BCUT2D eigenvalue weighted by atomic mass is 9.96. The smallest absolute Gasteiger partial charge is 0.293 e. The summed E-state index contributed by atoms with van der Waals surface area (Å²) in [5.41, 5.74) is -1.04. The van der Waals surface area contributed by atoms with Gasteiger partial charge in [-0.05, 0) is 30.7 Å². The molecule has 1 atom stereocenters. The van der Waals surface area contributed by atoms with Crippen LogP contribution in [-0.2, 0) is 5.60 Å². The van der Waals surface area contributed by atoms with Crippen molar-refractivity contribution >= 4 is 33.9 Å². The zero-order chi connectivity index (χ0) is 18.9. The van der Waals surface area contributed by atoms with Gasteiger partial charge in [0, 0.05) is 17.6 Å². The van der Waals surface area contributed by atoms with E-state index in [0.717, 1.165) is 6.07 Å². The Morgan fingerprint density at radius 2 is 2.15 bits per heavy atom. The molecule has 134 valence electrons. The molecule has 0 aliphatic rings. The highest BCUT2D eigenvalue weighted by atomic mass is 35.5. The molecule has 0 fully saturated rings. The fraction of sp³-hybridized carbons (Fsp3) is 0.176. The van der Waals surface area contributed by atoms with Crippen molar-refractivity contribution in [3.63, 3.8) is 0 Å². The second kappa shape index (κ2) is 6.74. The maximum atomic E-state index is 11.8. The number of H-pyrrole nitrogens is 1. The van der Waals surface area contributed by atoms with Crippen LogP contribution in [0.3, 0.4) is 0 Å². The molecule has 26 heavy (non-hydrogen) atoms. The first-order valence-corrected chi connectivity index (χ1v) is 8.04. The van der Waals surface area contributed by atoms with Gasteiger partial charge in [0.1, 0.15) is 11.3 Å². The van der Waals surface area contributed by atoms with E-state index in [0.29, 0.717) is 16.1 Å². The van der Waals surface area contributed by atoms with Crippen molar-refractivity contribution in [2.75, 3.05) is 11.9 Å². The van der Waals surface area contributed by atoms with Gasteiger partial charge in [-0.1, -0.05) is 23.7 Å². The third-order valence-corrected chi connectivity index (χ3v) is 4.26. The summed E-state index contributed by atoms with van der Waals surface area (Å²) in [5, 5.41) is 25.5. The second-order valence-electron chi connectivity index (χ2n) is 6.01. The predicted octanol–water partition coefficient (Wildman–Crippen LogP) is 2.80. The van der Waals surface area contributed by atoms with Gasteiger partial charge in [-0.2, -0.15) is 0 Å². The van der Waals surface area contributed by atoms with Crippen molar-refractivity contribution in [1.82, 2.24) is 9.97 Å². The highest BCUT2D eigenvalue weighted by Crippen LogP contribution is 2.30. The summed E-state index contributed by atoms with van der Waals surface area (Å²) >= 11 is 5.95. The van der Waals surface area contributed by atoms with Gasteiger partial charge in [0.15, 0.2) is 0 Å². The number of halogens is 1. The Balaban J connectivity index is 1.96. The molecule has 8 nitrogen and oxygen atoms in total. The van der Waals surface area contributed by atoms with Gasteiger partial charge in [-0.25, -0.2) is 4.98 Å². The quantitative estimate of drug-likeness (QED) is 0.466. The van der Waals surface area contributed by atoms with Crippen LogP contribution >= 0.6 is 11.6 Å². The largest absolute Gasteiger partial charge is 0.384 e. The third-order valence-electron chi connectivity index (χ3n) is 4.02. The number of anilines is 1. The Hall–Kier alpha value is -2.97. The van der Waals surface area contributed by atoms with Gasteiger partial charge >= 0.3 is 0 Å². The van der Waals surface area contributed by atoms with Crippen molar-refractivity contribution in [2.45, 2.75) is 12.5 Å². The maximum Gasteiger partial charge on any atom is 0.293 e.